The van der Waals surface area contributed by atoms with E-state index < -0.39 is 0 Å². The van der Waals surface area contributed by atoms with Crippen molar-refractivity contribution in [3.8, 4) is 0 Å². The molecule has 4 atom stereocenters. The van der Waals surface area contributed by atoms with Gasteiger partial charge in [0.25, 0.3) is 5.91 Å². The largest absolute Gasteiger partial charge is 0.322 e. The Balaban J connectivity index is 1.41. The number of imide groups is 1. The van der Waals surface area contributed by atoms with Crippen molar-refractivity contribution in [2.75, 3.05) is 10.2 Å². The van der Waals surface area contributed by atoms with Gasteiger partial charge in [0, 0.05) is 11.3 Å². The summed E-state index contributed by atoms with van der Waals surface area (Å²) in [5.41, 5.74) is 3.75. The highest BCUT2D eigenvalue weighted by molar-refractivity contribution is 6.23. The van der Waals surface area contributed by atoms with Crippen molar-refractivity contribution in [2.45, 2.75) is 20.3 Å². The monoisotopic (exact) mass is 386 g/mol. The number of amides is 3. The minimum Gasteiger partial charge on any atom is -0.322 e. The molecule has 2 bridgehead atoms. The lowest BCUT2D eigenvalue weighted by Crippen LogP contribution is -2.33. The van der Waals surface area contributed by atoms with Crippen LogP contribution >= 0.6 is 0 Å². The molecule has 146 valence electrons. The van der Waals surface area contributed by atoms with Gasteiger partial charge in [0.2, 0.25) is 11.8 Å². The van der Waals surface area contributed by atoms with Crippen LogP contribution in [0.15, 0.2) is 54.6 Å². The Bertz CT molecular complexity index is 1040. The molecule has 1 aliphatic heterocycles. The lowest BCUT2D eigenvalue weighted by atomic mass is 9.85. The molecule has 1 N–H and O–H groups in total. The number of fused-ring (bicyclic) bond motifs is 5. The fraction of sp³-hybridized carbons (Fsp3) is 0.292. The summed E-state index contributed by atoms with van der Waals surface area (Å²) in [7, 11) is 0. The third-order valence-electron chi connectivity index (χ3n) is 6.32. The summed E-state index contributed by atoms with van der Waals surface area (Å²) in [6.07, 6.45) is 5.06. The molecule has 2 aromatic rings. The van der Waals surface area contributed by atoms with Gasteiger partial charge in [-0.2, -0.15) is 0 Å². The Kier molecular flexibility index (Phi) is 3.95. The van der Waals surface area contributed by atoms with Crippen molar-refractivity contribution in [2.24, 2.45) is 23.7 Å². The molecule has 29 heavy (non-hydrogen) atoms. The lowest BCUT2D eigenvalue weighted by molar-refractivity contribution is -0.123. The number of nitrogens with one attached hydrogen (secondary N) is 1. The van der Waals surface area contributed by atoms with E-state index in [-0.39, 0.29) is 41.4 Å². The standard InChI is InChI=1S/C24H22N2O3/c1-13-8-14(2)10-18(9-13)25-22(27)17-4-3-5-19(12-17)26-23(28)20-15-6-7-16(11-15)21(20)24(26)29/h3-10,12,15-16,20-21H,11H2,1-2H3,(H,25,27)/t15-,16-,20+,21+/m0/s1. The molecule has 0 aromatic heterocycles. The number of hydrogen-bond acceptors (Lipinski definition) is 3. The average Bonchev–Trinajstić information content (AvgIpc) is 3.35. The van der Waals surface area contributed by atoms with Crippen molar-refractivity contribution in [3.05, 3.63) is 71.3 Å². The topological polar surface area (TPSA) is 66.5 Å². The summed E-state index contributed by atoms with van der Waals surface area (Å²) in [6.45, 7) is 3.96. The number of aryl methyl sites for hydroxylation is 2. The van der Waals surface area contributed by atoms with Gasteiger partial charge < -0.3 is 5.32 Å². The van der Waals surface area contributed by atoms with Gasteiger partial charge in [0.15, 0.2) is 0 Å². The molecule has 1 saturated heterocycles. The fourth-order valence-electron chi connectivity index (χ4n) is 5.19. The van der Waals surface area contributed by atoms with E-state index in [2.05, 4.69) is 17.5 Å². The number of anilines is 2. The zero-order valence-electron chi connectivity index (χ0n) is 16.4. The van der Waals surface area contributed by atoms with Gasteiger partial charge in [-0.15, -0.1) is 0 Å². The Hall–Kier alpha value is -3.21. The molecule has 1 heterocycles. The van der Waals surface area contributed by atoms with Crippen LogP contribution < -0.4 is 10.2 Å². The highest BCUT2D eigenvalue weighted by Crippen LogP contribution is 2.53. The molecule has 3 aliphatic rings. The van der Waals surface area contributed by atoms with Crippen molar-refractivity contribution in [1.29, 1.82) is 0 Å². The van der Waals surface area contributed by atoms with Crippen molar-refractivity contribution >= 4 is 29.1 Å². The number of rotatable bonds is 3. The predicted octanol–water partition coefficient (Wildman–Crippen LogP) is 3.87. The molecular weight excluding hydrogens is 364 g/mol. The maximum absolute atomic E-state index is 13.0. The molecule has 0 radical (unpaired) electrons. The highest BCUT2D eigenvalue weighted by atomic mass is 16.2. The van der Waals surface area contributed by atoms with Crippen molar-refractivity contribution in [1.82, 2.24) is 0 Å². The summed E-state index contributed by atoms with van der Waals surface area (Å²) < 4.78 is 0. The van der Waals surface area contributed by atoms with Crippen LogP contribution in [0, 0.1) is 37.5 Å². The first-order chi connectivity index (χ1) is 13.9. The van der Waals surface area contributed by atoms with E-state index in [4.69, 9.17) is 0 Å². The van der Waals surface area contributed by atoms with Gasteiger partial charge in [-0.05, 0) is 73.6 Å². The van der Waals surface area contributed by atoms with Crippen LogP contribution in [0.1, 0.15) is 27.9 Å². The molecule has 2 fully saturated rings. The van der Waals surface area contributed by atoms with E-state index in [0.29, 0.717) is 11.3 Å². The number of benzene rings is 2. The number of nitrogens with zero attached hydrogens (tertiary/aromatic N) is 1. The van der Waals surface area contributed by atoms with Gasteiger partial charge in [-0.1, -0.05) is 24.3 Å². The second-order valence-corrected chi connectivity index (χ2v) is 8.39. The first-order valence-electron chi connectivity index (χ1n) is 9.98. The summed E-state index contributed by atoms with van der Waals surface area (Å²) in [6, 6.07) is 12.6. The number of carbonyl (C=O) groups is 3. The maximum Gasteiger partial charge on any atom is 0.255 e. The van der Waals surface area contributed by atoms with E-state index >= 15 is 0 Å². The molecule has 0 spiro atoms. The van der Waals surface area contributed by atoms with Crippen molar-refractivity contribution < 1.29 is 14.4 Å². The number of hydrogen-bond donors (Lipinski definition) is 1. The zero-order valence-corrected chi connectivity index (χ0v) is 16.4. The molecular formula is C24H22N2O3. The number of carbonyl (C=O) groups excluding carboxylic acids is 3. The van der Waals surface area contributed by atoms with E-state index in [9.17, 15) is 14.4 Å². The Morgan fingerprint density at radius 1 is 0.931 bits per heavy atom. The van der Waals surface area contributed by atoms with Crippen LogP contribution in [0.2, 0.25) is 0 Å². The quantitative estimate of drug-likeness (QED) is 0.643. The average molecular weight is 386 g/mol. The van der Waals surface area contributed by atoms with Crippen LogP contribution in [-0.2, 0) is 9.59 Å². The molecule has 5 heteroatoms. The van der Waals surface area contributed by atoms with Gasteiger partial charge in [0.05, 0.1) is 17.5 Å². The smallest absolute Gasteiger partial charge is 0.255 e. The SMILES string of the molecule is Cc1cc(C)cc(NC(=O)c2cccc(N3C(=O)[C@H]4[C@H](C3=O)[C@H]3C=C[C@H]4C3)c2)c1. The normalized spacial score (nSPS) is 26.9. The minimum atomic E-state index is -0.266. The molecule has 5 nitrogen and oxygen atoms in total. The molecule has 0 unspecified atom stereocenters. The molecule has 2 aromatic carbocycles. The van der Waals surface area contributed by atoms with Gasteiger partial charge >= 0.3 is 0 Å². The first-order valence-corrected chi connectivity index (χ1v) is 9.98. The second-order valence-electron chi connectivity index (χ2n) is 8.39. The van der Waals surface area contributed by atoms with E-state index in [0.717, 1.165) is 23.2 Å². The fourth-order valence-corrected chi connectivity index (χ4v) is 5.19. The highest BCUT2D eigenvalue weighted by Gasteiger charge is 2.59. The number of allylic oxidation sites excluding steroid dienone is 2. The van der Waals surface area contributed by atoms with Crippen LogP contribution in [0.4, 0.5) is 11.4 Å². The Labute approximate surface area is 169 Å². The van der Waals surface area contributed by atoms with Crippen LogP contribution in [0.25, 0.3) is 0 Å². The molecule has 2 aliphatic carbocycles. The van der Waals surface area contributed by atoms with Crippen molar-refractivity contribution in [3.63, 3.8) is 0 Å². The van der Waals surface area contributed by atoms with Gasteiger partial charge in [-0.3, -0.25) is 14.4 Å². The molecule has 3 amide bonds. The summed E-state index contributed by atoms with van der Waals surface area (Å²) in [5.74, 6) is -0.689. The second kappa shape index (κ2) is 6.41. The maximum atomic E-state index is 13.0. The van der Waals surface area contributed by atoms with Crippen LogP contribution in [-0.4, -0.2) is 17.7 Å². The van der Waals surface area contributed by atoms with Crippen LogP contribution in [0.5, 0.6) is 0 Å². The first kappa shape index (κ1) is 17.9. The lowest BCUT2D eigenvalue weighted by Gasteiger charge is -2.18. The Morgan fingerprint density at radius 2 is 1.55 bits per heavy atom. The summed E-state index contributed by atoms with van der Waals surface area (Å²) in [5, 5.41) is 2.91. The minimum absolute atomic E-state index is 0.135. The molecule has 1 saturated carbocycles. The van der Waals surface area contributed by atoms with Crippen LogP contribution in [0.3, 0.4) is 0 Å². The summed E-state index contributed by atoms with van der Waals surface area (Å²) in [4.78, 5) is 40.1. The Morgan fingerprint density at radius 3 is 2.17 bits per heavy atom. The molecule has 5 rings (SSSR count). The predicted molar refractivity (Wildman–Crippen MR) is 111 cm³/mol. The van der Waals surface area contributed by atoms with E-state index in [1.54, 1.807) is 24.3 Å². The van der Waals surface area contributed by atoms with E-state index in [1.807, 2.05) is 32.0 Å². The van der Waals surface area contributed by atoms with Gasteiger partial charge in [-0.25, -0.2) is 4.90 Å². The zero-order chi connectivity index (χ0) is 20.3. The van der Waals surface area contributed by atoms with E-state index in [1.165, 1.54) is 4.90 Å². The third kappa shape index (κ3) is 2.80. The summed E-state index contributed by atoms with van der Waals surface area (Å²) >= 11 is 0. The third-order valence-corrected chi connectivity index (χ3v) is 6.32. The van der Waals surface area contributed by atoms with Gasteiger partial charge in [0.1, 0.15) is 0 Å².